The van der Waals surface area contributed by atoms with Crippen molar-refractivity contribution >= 4 is 29.5 Å². The number of amides is 5. The van der Waals surface area contributed by atoms with E-state index in [1.807, 2.05) is 0 Å². The zero-order chi connectivity index (χ0) is 28.7. The van der Waals surface area contributed by atoms with Crippen LogP contribution >= 0.6 is 0 Å². The maximum Gasteiger partial charge on any atom is 0.255 e. The average molecular weight is 546 g/mol. The van der Waals surface area contributed by atoms with E-state index in [1.54, 1.807) is 32.0 Å². The minimum absolute atomic E-state index is 0.0502. The van der Waals surface area contributed by atoms with Gasteiger partial charge >= 0.3 is 0 Å². The molecule has 0 aliphatic carbocycles. The number of rotatable bonds is 3. The summed E-state index contributed by atoms with van der Waals surface area (Å²) < 4.78 is 5.76. The van der Waals surface area contributed by atoms with Crippen LogP contribution in [0.4, 0.5) is 0 Å². The van der Waals surface area contributed by atoms with Gasteiger partial charge in [0.25, 0.3) is 5.91 Å². The van der Waals surface area contributed by atoms with E-state index in [1.165, 1.54) is 24.8 Å². The Kier molecular flexibility index (Phi) is 9.90. The topological polar surface area (TPSA) is 166 Å². The van der Waals surface area contributed by atoms with Crippen LogP contribution in [0.3, 0.4) is 0 Å². The molecule has 5 amide bonds. The monoisotopic (exact) mass is 545 g/mol. The largest absolute Gasteiger partial charge is 0.491 e. The number of aliphatic hydroxyl groups excluding tert-OH is 1. The van der Waals surface area contributed by atoms with Gasteiger partial charge in [-0.25, -0.2) is 0 Å². The van der Waals surface area contributed by atoms with Crippen LogP contribution in [0.15, 0.2) is 24.3 Å². The smallest absolute Gasteiger partial charge is 0.255 e. The first kappa shape index (κ1) is 29.9. The van der Waals surface area contributed by atoms with Crippen molar-refractivity contribution in [3.05, 3.63) is 29.8 Å². The molecule has 3 rings (SSSR count). The van der Waals surface area contributed by atoms with Gasteiger partial charge in [-0.05, 0) is 44.7 Å². The second-order valence-electron chi connectivity index (χ2n) is 10.7. The number of carbonyl (C=O) groups is 5. The van der Waals surface area contributed by atoms with E-state index in [0.29, 0.717) is 19.4 Å². The van der Waals surface area contributed by atoms with Gasteiger partial charge in [-0.15, -0.1) is 0 Å². The predicted octanol–water partition coefficient (Wildman–Crippen LogP) is -0.297. The Morgan fingerprint density at radius 2 is 1.87 bits per heavy atom. The van der Waals surface area contributed by atoms with Crippen LogP contribution in [0.1, 0.15) is 57.3 Å². The van der Waals surface area contributed by atoms with E-state index < -0.39 is 59.6 Å². The van der Waals surface area contributed by atoms with E-state index in [9.17, 15) is 29.1 Å². The molecule has 1 fully saturated rings. The molecule has 2 aliphatic heterocycles. The Labute approximate surface area is 228 Å². The maximum atomic E-state index is 13.5. The number of nitrogens with one attached hydrogen (secondary N) is 4. The molecule has 0 bridgehead atoms. The molecule has 2 aliphatic rings. The van der Waals surface area contributed by atoms with Gasteiger partial charge in [-0.2, -0.15) is 0 Å². The molecule has 2 heterocycles. The highest BCUT2D eigenvalue weighted by Gasteiger charge is 2.38. The van der Waals surface area contributed by atoms with E-state index in [2.05, 4.69) is 21.3 Å². The minimum atomic E-state index is -1.42. The van der Waals surface area contributed by atoms with Crippen LogP contribution in [0.2, 0.25) is 0 Å². The molecule has 214 valence electrons. The Bertz CT molecular complexity index is 1090. The number of hydrogen-bond acceptors (Lipinski definition) is 7. The predicted molar refractivity (Wildman–Crippen MR) is 142 cm³/mol. The third kappa shape index (κ3) is 7.47. The number of benzene rings is 1. The molecule has 39 heavy (non-hydrogen) atoms. The lowest BCUT2D eigenvalue weighted by atomic mass is 9.98. The molecule has 1 aromatic carbocycles. The van der Waals surface area contributed by atoms with E-state index >= 15 is 0 Å². The first-order valence-electron chi connectivity index (χ1n) is 13.3. The molecule has 0 radical (unpaired) electrons. The molecule has 12 heteroatoms. The molecule has 5 N–H and O–H groups in total. The number of para-hydroxylation sites is 1. The third-order valence-corrected chi connectivity index (χ3v) is 6.91. The number of nitrogens with zero attached hydrogens (tertiary/aromatic N) is 1. The number of aliphatic hydroxyl groups is 1. The zero-order valence-corrected chi connectivity index (χ0v) is 22.9. The number of hydrogen-bond donors (Lipinski definition) is 5. The first-order chi connectivity index (χ1) is 18.4. The molecule has 12 nitrogen and oxygen atoms in total. The molecule has 1 saturated heterocycles. The summed E-state index contributed by atoms with van der Waals surface area (Å²) in [5, 5.41) is 20.5. The number of ether oxygens (including phenoxy) is 1. The van der Waals surface area contributed by atoms with Crippen molar-refractivity contribution in [1.82, 2.24) is 26.2 Å². The Morgan fingerprint density at radius 3 is 2.56 bits per heavy atom. The molecular formula is C27H39N5O7. The van der Waals surface area contributed by atoms with Crippen LogP contribution in [0.5, 0.6) is 5.75 Å². The van der Waals surface area contributed by atoms with Gasteiger partial charge in [0.1, 0.15) is 30.0 Å². The lowest BCUT2D eigenvalue weighted by molar-refractivity contribution is -0.139. The van der Waals surface area contributed by atoms with Gasteiger partial charge in [0.15, 0.2) is 0 Å². The van der Waals surface area contributed by atoms with E-state index in [4.69, 9.17) is 4.74 Å². The van der Waals surface area contributed by atoms with Crippen LogP contribution in [0.25, 0.3) is 0 Å². The Morgan fingerprint density at radius 1 is 1.15 bits per heavy atom. The molecular weight excluding hydrogens is 506 g/mol. The fourth-order valence-corrected chi connectivity index (χ4v) is 4.68. The zero-order valence-electron chi connectivity index (χ0n) is 22.9. The van der Waals surface area contributed by atoms with Crippen molar-refractivity contribution in [2.24, 2.45) is 5.92 Å². The van der Waals surface area contributed by atoms with Gasteiger partial charge in [-0.3, -0.25) is 24.0 Å². The number of likely N-dealkylation sites (tertiary alicyclic amines) is 1. The summed E-state index contributed by atoms with van der Waals surface area (Å²) in [6.07, 6.45) is 0.868. The average Bonchev–Trinajstić information content (AvgIpc) is 3.36. The quantitative estimate of drug-likeness (QED) is 0.348. The van der Waals surface area contributed by atoms with Crippen molar-refractivity contribution in [3.8, 4) is 5.75 Å². The van der Waals surface area contributed by atoms with Crippen LogP contribution in [-0.4, -0.2) is 89.5 Å². The summed E-state index contributed by atoms with van der Waals surface area (Å²) >= 11 is 0. The molecule has 0 saturated carbocycles. The highest BCUT2D eigenvalue weighted by Crippen LogP contribution is 2.21. The summed E-state index contributed by atoms with van der Waals surface area (Å²) in [6.45, 7) is 6.89. The molecule has 0 unspecified atom stereocenters. The second kappa shape index (κ2) is 12.9. The van der Waals surface area contributed by atoms with Crippen molar-refractivity contribution in [2.45, 2.75) is 70.6 Å². The van der Waals surface area contributed by atoms with Gasteiger partial charge < -0.3 is 36.0 Å². The van der Waals surface area contributed by atoms with Crippen molar-refractivity contribution in [1.29, 1.82) is 0 Å². The highest BCUT2D eigenvalue weighted by atomic mass is 16.5. The van der Waals surface area contributed by atoms with Gasteiger partial charge in [0.2, 0.25) is 23.6 Å². The second-order valence-corrected chi connectivity index (χ2v) is 10.7. The van der Waals surface area contributed by atoms with E-state index in [0.717, 1.165) is 0 Å². The number of carbonyl (C=O) groups excluding carboxylic acids is 5. The van der Waals surface area contributed by atoms with Gasteiger partial charge in [0, 0.05) is 6.54 Å². The van der Waals surface area contributed by atoms with Crippen LogP contribution in [-0.2, 0) is 19.2 Å². The summed E-state index contributed by atoms with van der Waals surface area (Å²) in [5.74, 6) is -2.75. The summed E-state index contributed by atoms with van der Waals surface area (Å²) in [7, 11) is 0. The molecule has 3 atom stereocenters. The SMILES string of the molecule is CC(C)[C@H]1NC(=O)C(C)(C)NC(=O)C[C@@H](C(=O)N2CCC[C@H]2CO)NC(=O)c2ccccc2OCCNC1=O. The van der Waals surface area contributed by atoms with Crippen molar-refractivity contribution < 1.29 is 33.8 Å². The van der Waals surface area contributed by atoms with Crippen molar-refractivity contribution in [3.63, 3.8) is 0 Å². The lowest BCUT2D eigenvalue weighted by Gasteiger charge is -2.31. The fraction of sp³-hybridized carbons (Fsp3) is 0.593. The summed E-state index contributed by atoms with van der Waals surface area (Å²) in [6, 6.07) is 3.94. The Balaban J connectivity index is 1.94. The van der Waals surface area contributed by atoms with Gasteiger partial charge in [0.05, 0.1) is 31.2 Å². The van der Waals surface area contributed by atoms with Crippen LogP contribution in [0, 0.1) is 5.92 Å². The first-order valence-corrected chi connectivity index (χ1v) is 13.3. The normalized spacial score (nSPS) is 25.0. The molecule has 1 aromatic rings. The molecule has 0 spiro atoms. The van der Waals surface area contributed by atoms with Crippen LogP contribution < -0.4 is 26.0 Å². The highest BCUT2D eigenvalue weighted by molar-refractivity contribution is 6.01. The standard InChI is InChI=1S/C27H39N5O7/c1-16(2)22-24(36)28-11-13-39-20-10-6-5-9-18(20)23(35)29-19(25(37)32-12-7-8-17(32)15-33)14-21(34)31-27(3,4)26(38)30-22/h5-6,9-10,16-17,19,22,33H,7-8,11-15H2,1-4H3,(H,28,36)(H,29,35)(H,30,38)(H,31,34)/t17-,19-,22+/m0/s1. The maximum absolute atomic E-state index is 13.5. The summed E-state index contributed by atoms with van der Waals surface area (Å²) in [5.41, 5.74) is -1.27. The fourth-order valence-electron chi connectivity index (χ4n) is 4.68. The molecule has 0 aromatic heterocycles. The lowest BCUT2D eigenvalue weighted by Crippen LogP contribution is -2.61. The van der Waals surface area contributed by atoms with Crippen molar-refractivity contribution in [2.75, 3.05) is 26.3 Å². The third-order valence-electron chi connectivity index (χ3n) is 6.91. The minimum Gasteiger partial charge on any atom is -0.491 e. The van der Waals surface area contributed by atoms with E-state index in [-0.39, 0.29) is 37.0 Å². The Hall–Kier alpha value is -3.67. The number of fused-ring (bicyclic) bond motifs is 1. The summed E-state index contributed by atoms with van der Waals surface area (Å²) in [4.78, 5) is 67.3. The van der Waals surface area contributed by atoms with Gasteiger partial charge in [-0.1, -0.05) is 26.0 Å².